The molecule has 23 heavy (non-hydrogen) atoms. The summed E-state index contributed by atoms with van der Waals surface area (Å²) in [5.74, 6) is 1.28. The van der Waals surface area contributed by atoms with E-state index in [1.165, 1.54) is 12.1 Å². The van der Waals surface area contributed by atoms with Gasteiger partial charge in [0.05, 0.1) is 10.6 Å². The lowest BCUT2D eigenvalue weighted by molar-refractivity contribution is 0.174. The van der Waals surface area contributed by atoms with Crippen LogP contribution >= 0.6 is 15.9 Å². The van der Waals surface area contributed by atoms with E-state index >= 15 is 0 Å². The van der Waals surface area contributed by atoms with Crippen molar-refractivity contribution in [3.8, 4) is 11.5 Å². The topological polar surface area (TPSA) is 77.0 Å². The van der Waals surface area contributed by atoms with Gasteiger partial charge in [-0.1, -0.05) is 15.9 Å². The van der Waals surface area contributed by atoms with Crippen LogP contribution in [-0.2, 0) is 10.0 Å². The van der Waals surface area contributed by atoms with Gasteiger partial charge in [-0.15, -0.1) is 0 Å². The van der Waals surface area contributed by atoms with Gasteiger partial charge >= 0.3 is 0 Å². The number of halogens is 1. The van der Waals surface area contributed by atoms with Crippen molar-refractivity contribution in [2.24, 2.45) is 5.10 Å². The van der Waals surface area contributed by atoms with Crippen molar-refractivity contribution in [1.29, 1.82) is 0 Å². The first-order valence-corrected chi connectivity index (χ1v) is 8.95. The van der Waals surface area contributed by atoms with Gasteiger partial charge in [-0.2, -0.15) is 18.4 Å². The van der Waals surface area contributed by atoms with E-state index in [4.69, 9.17) is 9.47 Å². The van der Waals surface area contributed by atoms with Crippen LogP contribution in [-0.4, -0.2) is 20.9 Å². The predicted molar refractivity (Wildman–Crippen MR) is 89.2 cm³/mol. The van der Waals surface area contributed by atoms with Crippen molar-refractivity contribution in [2.75, 3.05) is 6.79 Å². The Kier molecular flexibility index (Phi) is 4.27. The monoisotopic (exact) mass is 396 g/mol. The fraction of sp³-hybridized carbons (Fsp3) is 0.133. The summed E-state index contributed by atoms with van der Waals surface area (Å²) in [6.07, 6.45) is 0. The zero-order valence-corrected chi connectivity index (χ0v) is 14.5. The van der Waals surface area contributed by atoms with Crippen molar-refractivity contribution in [2.45, 2.75) is 11.8 Å². The minimum absolute atomic E-state index is 0.142. The molecule has 0 radical (unpaired) electrons. The highest BCUT2D eigenvalue weighted by atomic mass is 79.9. The van der Waals surface area contributed by atoms with Gasteiger partial charge in [-0.3, -0.25) is 0 Å². The van der Waals surface area contributed by atoms with E-state index in [9.17, 15) is 8.42 Å². The number of fused-ring (bicyclic) bond motifs is 1. The molecule has 0 unspecified atom stereocenters. The van der Waals surface area contributed by atoms with E-state index in [1.54, 1.807) is 37.3 Å². The van der Waals surface area contributed by atoms with Crippen LogP contribution in [0, 0.1) is 0 Å². The van der Waals surface area contributed by atoms with Gasteiger partial charge in [-0.05, 0) is 49.4 Å². The first-order valence-electron chi connectivity index (χ1n) is 6.67. The number of hydrogen-bond acceptors (Lipinski definition) is 5. The summed E-state index contributed by atoms with van der Waals surface area (Å²) >= 11 is 3.26. The molecular formula is C15H13BrN2O4S. The van der Waals surface area contributed by atoms with Gasteiger partial charge in [0.2, 0.25) is 6.79 Å². The number of rotatable bonds is 4. The molecule has 0 amide bonds. The zero-order chi connectivity index (χ0) is 16.4. The molecule has 0 atom stereocenters. The number of nitrogens with zero attached hydrogens (tertiary/aromatic N) is 1. The average Bonchev–Trinajstić information content (AvgIpc) is 3.00. The standard InChI is InChI=1S/C15H13BrN2O4S/c1-10(11-2-7-14-15(8-11)22-9-21-14)17-18-23(19,20)13-5-3-12(16)4-6-13/h2-8,18H,9H2,1H3/b17-10+. The summed E-state index contributed by atoms with van der Waals surface area (Å²) in [5.41, 5.74) is 1.26. The van der Waals surface area contributed by atoms with E-state index in [0.29, 0.717) is 17.2 Å². The van der Waals surface area contributed by atoms with Gasteiger partial charge in [0.1, 0.15) is 0 Å². The van der Waals surface area contributed by atoms with Gasteiger partial charge < -0.3 is 9.47 Å². The van der Waals surface area contributed by atoms with Crippen LogP contribution in [0.3, 0.4) is 0 Å². The Morgan fingerprint density at radius 2 is 1.83 bits per heavy atom. The lowest BCUT2D eigenvalue weighted by Gasteiger charge is -2.06. The summed E-state index contributed by atoms with van der Waals surface area (Å²) in [5, 5.41) is 3.96. The molecule has 0 bridgehead atoms. The first kappa shape index (κ1) is 15.8. The number of hydrogen-bond donors (Lipinski definition) is 1. The lowest BCUT2D eigenvalue weighted by Crippen LogP contribution is -2.19. The number of sulfonamides is 1. The number of benzene rings is 2. The molecule has 3 rings (SSSR count). The normalized spacial score (nSPS) is 13.9. The van der Waals surface area contributed by atoms with Crippen molar-refractivity contribution in [3.05, 3.63) is 52.5 Å². The SMILES string of the molecule is C/C(=N\NS(=O)(=O)c1ccc(Br)cc1)c1ccc2c(c1)OCO2. The molecule has 1 N–H and O–H groups in total. The third kappa shape index (κ3) is 3.48. The van der Waals surface area contributed by atoms with Gasteiger partial charge in [0.15, 0.2) is 11.5 Å². The Bertz CT molecular complexity index is 864. The maximum atomic E-state index is 12.2. The summed E-state index contributed by atoms with van der Waals surface area (Å²) < 4.78 is 35.7. The molecule has 6 nitrogen and oxygen atoms in total. The van der Waals surface area contributed by atoms with Crippen LogP contribution < -0.4 is 14.3 Å². The quantitative estimate of drug-likeness (QED) is 0.636. The Morgan fingerprint density at radius 3 is 2.57 bits per heavy atom. The second-order valence-corrected chi connectivity index (χ2v) is 7.39. The predicted octanol–water partition coefficient (Wildman–Crippen LogP) is 2.88. The Balaban J connectivity index is 1.80. The molecule has 0 fully saturated rings. The van der Waals surface area contributed by atoms with Crippen molar-refractivity contribution in [1.82, 2.24) is 4.83 Å². The fourth-order valence-electron chi connectivity index (χ4n) is 1.98. The molecule has 1 heterocycles. The Hall–Kier alpha value is -2.06. The highest BCUT2D eigenvalue weighted by molar-refractivity contribution is 9.10. The van der Waals surface area contributed by atoms with Gasteiger partial charge in [0.25, 0.3) is 10.0 Å². The number of hydrazone groups is 1. The van der Waals surface area contributed by atoms with E-state index in [0.717, 1.165) is 10.0 Å². The lowest BCUT2D eigenvalue weighted by atomic mass is 10.1. The molecule has 0 saturated carbocycles. The van der Waals surface area contributed by atoms with Crippen LogP contribution in [0.2, 0.25) is 0 Å². The third-order valence-corrected chi connectivity index (χ3v) is 5.00. The minimum Gasteiger partial charge on any atom is -0.454 e. The van der Waals surface area contributed by atoms with Crippen LogP contribution in [0.5, 0.6) is 11.5 Å². The number of ether oxygens (including phenoxy) is 2. The van der Waals surface area contributed by atoms with Crippen LogP contribution in [0.4, 0.5) is 0 Å². The largest absolute Gasteiger partial charge is 0.454 e. The summed E-state index contributed by atoms with van der Waals surface area (Å²) in [6.45, 7) is 1.90. The number of nitrogens with one attached hydrogen (secondary N) is 1. The maximum absolute atomic E-state index is 12.2. The second-order valence-electron chi connectivity index (χ2n) is 4.81. The maximum Gasteiger partial charge on any atom is 0.276 e. The molecular weight excluding hydrogens is 384 g/mol. The highest BCUT2D eigenvalue weighted by Crippen LogP contribution is 2.32. The van der Waals surface area contributed by atoms with Crippen molar-refractivity contribution in [3.63, 3.8) is 0 Å². The minimum atomic E-state index is -3.71. The van der Waals surface area contributed by atoms with Crippen molar-refractivity contribution >= 4 is 31.7 Å². The van der Waals surface area contributed by atoms with E-state index in [2.05, 4.69) is 25.9 Å². The van der Waals surface area contributed by atoms with E-state index < -0.39 is 10.0 Å². The Labute approximate surface area is 142 Å². The molecule has 1 aliphatic heterocycles. The molecule has 0 spiro atoms. The molecule has 2 aromatic carbocycles. The molecule has 2 aromatic rings. The average molecular weight is 397 g/mol. The van der Waals surface area contributed by atoms with E-state index in [-0.39, 0.29) is 11.7 Å². The molecule has 1 aliphatic rings. The fourth-order valence-corrected chi connectivity index (χ4v) is 3.10. The molecule has 8 heteroatoms. The summed E-state index contributed by atoms with van der Waals surface area (Å²) in [4.78, 5) is 2.38. The van der Waals surface area contributed by atoms with Crippen molar-refractivity contribution < 1.29 is 17.9 Å². The van der Waals surface area contributed by atoms with E-state index in [1.807, 2.05) is 0 Å². The highest BCUT2D eigenvalue weighted by Gasteiger charge is 2.15. The molecule has 0 saturated heterocycles. The molecule has 120 valence electrons. The van der Waals surface area contributed by atoms with Gasteiger partial charge in [-0.25, -0.2) is 0 Å². The molecule has 0 aliphatic carbocycles. The summed E-state index contributed by atoms with van der Waals surface area (Å²) in [7, 11) is -3.71. The summed E-state index contributed by atoms with van der Waals surface area (Å²) in [6, 6.07) is 11.6. The van der Waals surface area contributed by atoms with Crippen LogP contribution in [0.25, 0.3) is 0 Å². The Morgan fingerprint density at radius 1 is 1.13 bits per heavy atom. The second kappa shape index (κ2) is 6.21. The first-order chi connectivity index (χ1) is 11.0. The smallest absolute Gasteiger partial charge is 0.276 e. The molecule has 0 aromatic heterocycles. The van der Waals surface area contributed by atoms with Crippen LogP contribution in [0.15, 0.2) is 56.9 Å². The third-order valence-electron chi connectivity index (χ3n) is 3.25. The zero-order valence-electron chi connectivity index (χ0n) is 12.1. The van der Waals surface area contributed by atoms with Crippen LogP contribution in [0.1, 0.15) is 12.5 Å². The van der Waals surface area contributed by atoms with Gasteiger partial charge in [0, 0.05) is 10.0 Å².